The Labute approximate surface area is 121 Å². The Balaban J connectivity index is 1.74. The first kappa shape index (κ1) is 14.0. The molecule has 2 aromatic rings. The topological polar surface area (TPSA) is 42.0 Å². The van der Waals surface area contributed by atoms with Crippen LogP contribution < -0.4 is 5.32 Å². The first-order valence-electron chi connectivity index (χ1n) is 6.06. The first-order chi connectivity index (χ1) is 9.13. The third-order valence-corrected chi connectivity index (χ3v) is 3.83. The van der Waals surface area contributed by atoms with Crippen molar-refractivity contribution >= 4 is 28.8 Å². The van der Waals surface area contributed by atoms with E-state index in [-0.39, 0.29) is 5.91 Å². The predicted octanol–water partition coefficient (Wildman–Crippen LogP) is 3.01. The molecule has 100 valence electrons. The molecule has 0 atom stereocenters. The molecule has 0 spiro atoms. The maximum Gasteiger partial charge on any atom is 0.224 e. The quantitative estimate of drug-likeness (QED) is 0.921. The van der Waals surface area contributed by atoms with E-state index < -0.39 is 0 Å². The summed E-state index contributed by atoms with van der Waals surface area (Å²) in [7, 11) is 0. The van der Waals surface area contributed by atoms with Gasteiger partial charge in [0.2, 0.25) is 5.91 Å². The second kappa shape index (κ2) is 6.68. The highest BCUT2D eigenvalue weighted by Crippen LogP contribution is 2.11. The smallest absolute Gasteiger partial charge is 0.224 e. The summed E-state index contributed by atoms with van der Waals surface area (Å²) in [6, 6.07) is 7.32. The van der Waals surface area contributed by atoms with Crippen LogP contribution in [0.2, 0.25) is 5.02 Å². The molecule has 1 aromatic carbocycles. The fourth-order valence-electron chi connectivity index (χ4n) is 1.68. The minimum atomic E-state index is 0.0237. The van der Waals surface area contributed by atoms with Gasteiger partial charge in [-0.1, -0.05) is 23.7 Å². The van der Waals surface area contributed by atoms with Crippen LogP contribution in [0, 0.1) is 6.92 Å². The lowest BCUT2D eigenvalue weighted by atomic mass is 10.1. The molecule has 0 aliphatic carbocycles. The van der Waals surface area contributed by atoms with E-state index in [2.05, 4.69) is 10.3 Å². The molecule has 0 saturated carbocycles. The van der Waals surface area contributed by atoms with E-state index in [4.69, 9.17) is 11.6 Å². The van der Waals surface area contributed by atoms with Crippen LogP contribution >= 0.6 is 22.9 Å². The van der Waals surface area contributed by atoms with Gasteiger partial charge in [0.1, 0.15) is 0 Å². The third kappa shape index (κ3) is 4.65. The van der Waals surface area contributed by atoms with Gasteiger partial charge in [0.25, 0.3) is 0 Å². The maximum atomic E-state index is 11.7. The van der Waals surface area contributed by atoms with Gasteiger partial charge in [-0.2, -0.15) is 0 Å². The van der Waals surface area contributed by atoms with E-state index in [1.165, 1.54) is 4.88 Å². The van der Waals surface area contributed by atoms with Crippen molar-refractivity contribution in [2.45, 2.75) is 19.8 Å². The SMILES string of the molecule is Cc1cnc(CCNC(=O)Cc2ccc(Cl)cc2)s1. The number of nitrogens with zero attached hydrogens (tertiary/aromatic N) is 1. The summed E-state index contributed by atoms with van der Waals surface area (Å²) in [4.78, 5) is 17.2. The molecular formula is C14H15ClN2OS. The summed E-state index contributed by atoms with van der Waals surface area (Å²) >= 11 is 7.46. The van der Waals surface area contributed by atoms with Crippen molar-refractivity contribution in [3.05, 3.63) is 50.9 Å². The van der Waals surface area contributed by atoms with E-state index >= 15 is 0 Å². The molecule has 0 radical (unpaired) electrons. The van der Waals surface area contributed by atoms with Gasteiger partial charge in [-0.3, -0.25) is 4.79 Å². The van der Waals surface area contributed by atoms with E-state index in [0.29, 0.717) is 18.0 Å². The normalized spacial score (nSPS) is 10.4. The second-order valence-corrected chi connectivity index (χ2v) is 6.02. The number of halogens is 1. The molecule has 2 rings (SSSR count). The van der Waals surface area contributed by atoms with Gasteiger partial charge in [0.05, 0.1) is 11.4 Å². The van der Waals surface area contributed by atoms with Crippen molar-refractivity contribution in [3.8, 4) is 0 Å². The molecule has 1 amide bonds. The minimum Gasteiger partial charge on any atom is -0.355 e. The van der Waals surface area contributed by atoms with Crippen molar-refractivity contribution in [2.75, 3.05) is 6.54 Å². The summed E-state index contributed by atoms with van der Waals surface area (Å²) in [5.74, 6) is 0.0237. The second-order valence-electron chi connectivity index (χ2n) is 4.27. The molecule has 0 aliphatic heterocycles. The van der Waals surface area contributed by atoms with Crippen LogP contribution in [0.15, 0.2) is 30.5 Å². The highest BCUT2D eigenvalue weighted by Gasteiger charge is 2.04. The summed E-state index contributed by atoms with van der Waals surface area (Å²) in [6.07, 6.45) is 3.02. The fourth-order valence-corrected chi connectivity index (χ4v) is 2.59. The Hall–Kier alpha value is -1.39. The lowest BCUT2D eigenvalue weighted by Crippen LogP contribution is -2.27. The average Bonchev–Trinajstić information content (AvgIpc) is 2.78. The monoisotopic (exact) mass is 294 g/mol. The van der Waals surface area contributed by atoms with Crippen LogP contribution in [-0.2, 0) is 17.6 Å². The summed E-state index contributed by atoms with van der Waals surface area (Å²) in [5, 5.41) is 4.64. The Bertz CT molecular complexity index is 551. The zero-order valence-electron chi connectivity index (χ0n) is 10.6. The van der Waals surface area contributed by atoms with E-state index in [1.807, 2.05) is 25.3 Å². The van der Waals surface area contributed by atoms with Gasteiger partial charge in [-0.15, -0.1) is 11.3 Å². The van der Waals surface area contributed by atoms with Crippen LogP contribution in [0.4, 0.5) is 0 Å². The highest BCUT2D eigenvalue weighted by atomic mass is 35.5. The zero-order valence-corrected chi connectivity index (χ0v) is 12.2. The first-order valence-corrected chi connectivity index (χ1v) is 7.25. The lowest BCUT2D eigenvalue weighted by Gasteiger charge is -2.04. The van der Waals surface area contributed by atoms with Gasteiger partial charge in [-0.25, -0.2) is 4.98 Å². The molecule has 3 nitrogen and oxygen atoms in total. The van der Waals surface area contributed by atoms with Gasteiger partial charge in [0.15, 0.2) is 0 Å². The zero-order chi connectivity index (χ0) is 13.7. The maximum absolute atomic E-state index is 11.7. The number of hydrogen-bond donors (Lipinski definition) is 1. The molecule has 1 N–H and O–H groups in total. The largest absolute Gasteiger partial charge is 0.355 e. The van der Waals surface area contributed by atoms with Crippen molar-refractivity contribution in [3.63, 3.8) is 0 Å². The summed E-state index contributed by atoms with van der Waals surface area (Å²) in [5.41, 5.74) is 0.965. The van der Waals surface area contributed by atoms with Gasteiger partial charge >= 0.3 is 0 Å². The number of aryl methyl sites for hydroxylation is 1. The number of hydrogen-bond acceptors (Lipinski definition) is 3. The molecule has 5 heteroatoms. The van der Waals surface area contributed by atoms with Crippen LogP contribution in [0.5, 0.6) is 0 Å². The number of aromatic nitrogens is 1. The Morgan fingerprint density at radius 3 is 2.74 bits per heavy atom. The third-order valence-electron chi connectivity index (χ3n) is 2.61. The van der Waals surface area contributed by atoms with Crippen molar-refractivity contribution in [2.24, 2.45) is 0 Å². The number of thiazole rings is 1. The van der Waals surface area contributed by atoms with Crippen LogP contribution in [-0.4, -0.2) is 17.4 Å². The van der Waals surface area contributed by atoms with Gasteiger partial charge < -0.3 is 5.32 Å². The highest BCUT2D eigenvalue weighted by molar-refractivity contribution is 7.11. The molecule has 0 unspecified atom stereocenters. The number of nitrogens with one attached hydrogen (secondary N) is 1. The minimum absolute atomic E-state index is 0.0237. The van der Waals surface area contributed by atoms with Gasteiger partial charge in [0, 0.05) is 29.1 Å². The van der Waals surface area contributed by atoms with Crippen LogP contribution in [0.3, 0.4) is 0 Å². The van der Waals surface area contributed by atoms with Crippen molar-refractivity contribution in [1.29, 1.82) is 0 Å². The number of rotatable bonds is 5. The van der Waals surface area contributed by atoms with Crippen molar-refractivity contribution in [1.82, 2.24) is 10.3 Å². The molecule has 1 heterocycles. The number of carbonyl (C=O) groups is 1. The molecule has 0 bridgehead atoms. The summed E-state index contributed by atoms with van der Waals surface area (Å²) < 4.78 is 0. The molecular weight excluding hydrogens is 280 g/mol. The fraction of sp³-hybridized carbons (Fsp3) is 0.286. The molecule has 0 aliphatic rings. The Kier molecular flexibility index (Phi) is 4.93. The van der Waals surface area contributed by atoms with Crippen molar-refractivity contribution < 1.29 is 4.79 Å². The number of amides is 1. The molecule has 1 aromatic heterocycles. The molecule has 0 fully saturated rings. The van der Waals surface area contributed by atoms with Crippen LogP contribution in [0.25, 0.3) is 0 Å². The number of benzene rings is 1. The number of carbonyl (C=O) groups excluding carboxylic acids is 1. The van der Waals surface area contributed by atoms with Crippen LogP contribution in [0.1, 0.15) is 15.4 Å². The lowest BCUT2D eigenvalue weighted by molar-refractivity contribution is -0.120. The van der Waals surface area contributed by atoms with Gasteiger partial charge in [-0.05, 0) is 24.6 Å². The Morgan fingerprint density at radius 1 is 1.37 bits per heavy atom. The van der Waals surface area contributed by atoms with E-state index in [1.54, 1.807) is 23.5 Å². The summed E-state index contributed by atoms with van der Waals surface area (Å²) in [6.45, 7) is 2.65. The van der Waals surface area contributed by atoms with E-state index in [9.17, 15) is 4.79 Å². The average molecular weight is 295 g/mol. The molecule has 19 heavy (non-hydrogen) atoms. The Morgan fingerprint density at radius 2 is 2.11 bits per heavy atom. The van der Waals surface area contributed by atoms with E-state index in [0.717, 1.165) is 17.0 Å². The predicted molar refractivity (Wildman–Crippen MR) is 78.7 cm³/mol. The standard InChI is InChI=1S/C14H15ClN2OS/c1-10-9-17-14(19-10)6-7-16-13(18)8-11-2-4-12(15)5-3-11/h2-5,9H,6-8H2,1H3,(H,16,18). The molecule has 0 saturated heterocycles.